The zero-order chi connectivity index (χ0) is 37.1. The van der Waals surface area contributed by atoms with E-state index in [9.17, 15) is 27.9 Å². The Kier molecular flexibility index (Phi) is 13.8. The van der Waals surface area contributed by atoms with E-state index in [-0.39, 0.29) is 61.1 Å². The highest BCUT2D eigenvalue weighted by atomic mass is 32.2. The SMILES string of the molecule is COc1ccc(S(=O)(=O)N(C)C[C@H]2Oc3ccc(NC(=O)CCCCCC(=O)Nc4ccccc4N)cc3CC(=O)N([C@@H](C)CO)C[C@@H]2C)cc1. The number of methoxy groups -OCH3 is 1. The third-order valence-electron chi connectivity index (χ3n) is 8.95. The van der Waals surface area contributed by atoms with Crippen LogP contribution in [0, 0.1) is 5.92 Å². The molecule has 14 heteroatoms. The lowest BCUT2D eigenvalue weighted by Crippen LogP contribution is -2.48. The van der Waals surface area contributed by atoms with Crippen molar-refractivity contribution in [2.45, 2.75) is 69.4 Å². The van der Waals surface area contributed by atoms with E-state index in [0.717, 1.165) is 0 Å². The Morgan fingerprint density at radius 1 is 1.04 bits per heavy atom. The van der Waals surface area contributed by atoms with Gasteiger partial charge < -0.3 is 35.8 Å². The fourth-order valence-corrected chi connectivity index (χ4v) is 6.98. The van der Waals surface area contributed by atoms with Crippen molar-refractivity contribution < 1.29 is 37.4 Å². The normalized spacial score (nSPS) is 17.0. The van der Waals surface area contributed by atoms with Crippen LogP contribution in [-0.4, -0.2) is 86.5 Å². The van der Waals surface area contributed by atoms with Gasteiger partial charge in [-0.05, 0) is 74.4 Å². The van der Waals surface area contributed by atoms with E-state index in [1.54, 1.807) is 66.4 Å². The second-order valence-corrected chi connectivity index (χ2v) is 15.0. The highest BCUT2D eigenvalue weighted by Gasteiger charge is 2.33. The van der Waals surface area contributed by atoms with Crippen LogP contribution in [-0.2, 0) is 30.8 Å². The van der Waals surface area contributed by atoms with Gasteiger partial charge in [-0.2, -0.15) is 4.31 Å². The molecule has 1 aliphatic rings. The summed E-state index contributed by atoms with van der Waals surface area (Å²) in [4.78, 5) is 40.4. The van der Waals surface area contributed by atoms with Crippen LogP contribution in [0.3, 0.4) is 0 Å². The molecule has 0 saturated heterocycles. The van der Waals surface area contributed by atoms with Gasteiger partial charge in [0.25, 0.3) is 0 Å². The molecular formula is C37H49N5O8S. The number of anilines is 3. The maximum atomic E-state index is 13.6. The molecular weight excluding hydrogens is 675 g/mol. The number of hydrogen-bond acceptors (Lipinski definition) is 9. The predicted octanol–water partition coefficient (Wildman–Crippen LogP) is 4.27. The topological polar surface area (TPSA) is 181 Å². The van der Waals surface area contributed by atoms with Crippen molar-refractivity contribution in [1.82, 2.24) is 9.21 Å². The van der Waals surface area contributed by atoms with E-state index in [1.807, 2.05) is 6.92 Å². The van der Waals surface area contributed by atoms with Gasteiger partial charge in [-0.3, -0.25) is 14.4 Å². The maximum absolute atomic E-state index is 13.6. The third kappa shape index (κ3) is 10.7. The van der Waals surface area contributed by atoms with E-state index >= 15 is 0 Å². The number of aliphatic hydroxyl groups excluding tert-OH is 1. The predicted molar refractivity (Wildman–Crippen MR) is 196 cm³/mol. The van der Waals surface area contributed by atoms with Crippen molar-refractivity contribution in [2.24, 2.45) is 5.92 Å². The molecule has 13 nitrogen and oxygen atoms in total. The molecule has 3 aromatic rings. The quantitative estimate of drug-likeness (QED) is 0.132. The number of nitrogens with two attached hydrogens (primary N) is 1. The Morgan fingerprint density at radius 3 is 2.35 bits per heavy atom. The van der Waals surface area contributed by atoms with Crippen molar-refractivity contribution in [3.63, 3.8) is 0 Å². The van der Waals surface area contributed by atoms with E-state index in [4.69, 9.17) is 15.2 Å². The first-order chi connectivity index (χ1) is 24.3. The van der Waals surface area contributed by atoms with Gasteiger partial charge in [-0.25, -0.2) is 8.42 Å². The fraction of sp³-hybridized carbons (Fsp3) is 0.432. The lowest BCUT2D eigenvalue weighted by molar-refractivity contribution is -0.134. The number of carbonyl (C=O) groups is 3. The number of fused-ring (bicyclic) bond motifs is 1. The fourth-order valence-electron chi connectivity index (χ4n) is 5.80. The van der Waals surface area contributed by atoms with E-state index in [0.29, 0.717) is 59.8 Å². The van der Waals surface area contributed by atoms with Gasteiger partial charge in [0, 0.05) is 43.6 Å². The molecule has 0 aromatic heterocycles. The molecule has 0 saturated carbocycles. The summed E-state index contributed by atoms with van der Waals surface area (Å²) in [5.74, 6) is 0.0494. The van der Waals surface area contributed by atoms with E-state index in [2.05, 4.69) is 10.6 Å². The molecule has 5 N–H and O–H groups in total. The number of para-hydroxylation sites is 2. The van der Waals surface area contributed by atoms with Crippen molar-refractivity contribution in [3.05, 3.63) is 72.3 Å². The number of ether oxygens (including phenoxy) is 2. The smallest absolute Gasteiger partial charge is 0.242 e. The summed E-state index contributed by atoms with van der Waals surface area (Å²) in [5, 5.41) is 15.6. The Bertz CT molecular complexity index is 1770. The first-order valence-corrected chi connectivity index (χ1v) is 18.5. The summed E-state index contributed by atoms with van der Waals surface area (Å²) < 4.78 is 39.8. The van der Waals surface area contributed by atoms with Crippen LogP contribution < -0.4 is 25.8 Å². The van der Waals surface area contributed by atoms with Crippen LogP contribution in [0.2, 0.25) is 0 Å². The molecule has 1 heterocycles. The summed E-state index contributed by atoms with van der Waals surface area (Å²) in [7, 11) is -0.898. The van der Waals surface area contributed by atoms with Crippen LogP contribution in [0.15, 0.2) is 71.6 Å². The minimum Gasteiger partial charge on any atom is -0.497 e. The van der Waals surface area contributed by atoms with Gasteiger partial charge >= 0.3 is 0 Å². The summed E-state index contributed by atoms with van der Waals surface area (Å²) in [6, 6.07) is 17.8. The summed E-state index contributed by atoms with van der Waals surface area (Å²) >= 11 is 0. The molecule has 276 valence electrons. The maximum Gasteiger partial charge on any atom is 0.242 e. The number of unbranched alkanes of at least 4 members (excludes halogenated alkanes) is 2. The zero-order valence-electron chi connectivity index (χ0n) is 29.6. The number of likely N-dealkylation sites (N-methyl/N-ethyl adjacent to an activating group) is 1. The molecule has 51 heavy (non-hydrogen) atoms. The number of benzene rings is 3. The van der Waals surface area contributed by atoms with Crippen molar-refractivity contribution >= 4 is 44.8 Å². The number of carbonyl (C=O) groups excluding carboxylic acids is 3. The van der Waals surface area contributed by atoms with Gasteiger partial charge in [0.15, 0.2) is 0 Å². The second kappa shape index (κ2) is 18.0. The number of amides is 3. The van der Waals surface area contributed by atoms with Gasteiger partial charge in [0.1, 0.15) is 17.6 Å². The summed E-state index contributed by atoms with van der Waals surface area (Å²) in [5.41, 5.74) is 7.97. The monoisotopic (exact) mass is 723 g/mol. The molecule has 0 radical (unpaired) electrons. The summed E-state index contributed by atoms with van der Waals surface area (Å²) in [6.07, 6.45) is 1.73. The number of sulfonamides is 1. The lowest BCUT2D eigenvalue weighted by atomic mass is 10.0. The molecule has 0 spiro atoms. The Balaban J connectivity index is 1.42. The first kappa shape index (κ1) is 39.1. The third-order valence-corrected chi connectivity index (χ3v) is 10.8. The highest BCUT2D eigenvalue weighted by molar-refractivity contribution is 7.89. The molecule has 0 bridgehead atoms. The van der Waals surface area contributed by atoms with Crippen molar-refractivity contribution in [2.75, 3.05) is 50.2 Å². The Labute approximate surface area is 300 Å². The minimum atomic E-state index is -3.88. The van der Waals surface area contributed by atoms with Gasteiger partial charge in [-0.15, -0.1) is 0 Å². The number of nitrogens with zero attached hydrogens (tertiary/aromatic N) is 2. The first-order valence-electron chi connectivity index (χ1n) is 17.1. The van der Waals surface area contributed by atoms with Crippen LogP contribution >= 0.6 is 0 Å². The summed E-state index contributed by atoms with van der Waals surface area (Å²) in [6.45, 7) is 3.62. The number of rotatable bonds is 15. The standard InChI is InChI=1S/C37H49N5O8S/c1-25-22-42(26(2)24-43)37(46)21-27-20-28(39-35(44)12-6-5-7-13-36(45)40-32-11-9-8-10-31(32)38)14-19-33(27)50-34(25)23-41(3)51(47,48)30-17-15-29(49-4)16-18-30/h8-11,14-20,25-26,34,43H,5-7,12-13,21-24,38H2,1-4H3,(H,39,44)(H,40,45)/t25-,26-,34+/m0/s1. The van der Waals surface area contributed by atoms with Crippen molar-refractivity contribution in [1.29, 1.82) is 0 Å². The van der Waals surface area contributed by atoms with Gasteiger partial charge in [-0.1, -0.05) is 25.5 Å². The van der Waals surface area contributed by atoms with Crippen molar-refractivity contribution in [3.8, 4) is 11.5 Å². The number of nitrogens with one attached hydrogen (secondary N) is 2. The minimum absolute atomic E-state index is 0.00896. The average molecular weight is 724 g/mol. The lowest BCUT2D eigenvalue weighted by Gasteiger charge is -2.33. The average Bonchev–Trinajstić information content (AvgIpc) is 3.15. The largest absolute Gasteiger partial charge is 0.497 e. The molecule has 3 atom stereocenters. The molecule has 3 aromatic carbocycles. The molecule has 0 fully saturated rings. The molecule has 1 aliphatic heterocycles. The highest BCUT2D eigenvalue weighted by Crippen LogP contribution is 2.30. The van der Waals surface area contributed by atoms with E-state index in [1.165, 1.54) is 30.6 Å². The van der Waals surface area contributed by atoms with Crippen LogP contribution in [0.25, 0.3) is 0 Å². The van der Waals surface area contributed by atoms with Gasteiger partial charge in [0.05, 0.1) is 49.0 Å². The van der Waals surface area contributed by atoms with Crippen LogP contribution in [0.4, 0.5) is 17.1 Å². The number of nitrogen functional groups attached to an aromatic ring is 1. The van der Waals surface area contributed by atoms with E-state index < -0.39 is 22.2 Å². The second-order valence-electron chi connectivity index (χ2n) is 12.9. The number of hydrogen-bond donors (Lipinski definition) is 4. The molecule has 3 amide bonds. The van der Waals surface area contributed by atoms with Crippen LogP contribution in [0.1, 0.15) is 51.5 Å². The Hall–Kier alpha value is -4.66. The zero-order valence-corrected chi connectivity index (χ0v) is 30.4. The number of aliphatic hydroxyl groups is 1. The molecule has 0 unspecified atom stereocenters. The molecule has 0 aliphatic carbocycles. The van der Waals surface area contributed by atoms with Crippen LogP contribution in [0.5, 0.6) is 11.5 Å². The van der Waals surface area contributed by atoms with Gasteiger partial charge in [0.2, 0.25) is 27.7 Å². The molecule has 4 rings (SSSR count). The Morgan fingerprint density at radius 2 is 1.71 bits per heavy atom.